The van der Waals surface area contributed by atoms with Crippen molar-refractivity contribution in [2.75, 3.05) is 26.2 Å². The molecule has 2 nitrogen and oxygen atoms in total. The molecule has 0 atom stereocenters. The van der Waals surface area contributed by atoms with Gasteiger partial charge in [-0.05, 0) is 50.0 Å². The van der Waals surface area contributed by atoms with Gasteiger partial charge in [-0.25, -0.2) is 0 Å². The zero-order valence-electron chi connectivity index (χ0n) is 13.3. The van der Waals surface area contributed by atoms with Gasteiger partial charge in [0.2, 0.25) is 0 Å². The van der Waals surface area contributed by atoms with E-state index >= 15 is 0 Å². The van der Waals surface area contributed by atoms with Crippen molar-refractivity contribution in [1.29, 1.82) is 0 Å². The van der Waals surface area contributed by atoms with Crippen molar-refractivity contribution in [2.24, 2.45) is 0 Å². The van der Waals surface area contributed by atoms with Crippen molar-refractivity contribution < 1.29 is 0 Å². The molecule has 0 radical (unpaired) electrons. The molecular formula is C19H24N2S. The van der Waals surface area contributed by atoms with E-state index in [1.54, 1.807) is 4.88 Å². The highest BCUT2D eigenvalue weighted by molar-refractivity contribution is 7.15. The molecule has 0 N–H and O–H groups in total. The van der Waals surface area contributed by atoms with Crippen molar-refractivity contribution in [2.45, 2.75) is 32.4 Å². The fraction of sp³-hybridized carbons (Fsp3) is 0.474. The summed E-state index contributed by atoms with van der Waals surface area (Å²) in [5.41, 5.74) is 2.81. The molecule has 5 rings (SSSR count). The SMILES string of the molecule is Cc1cc(-c2ccccc2)sc1CN1CCN2CCC1CC2. The Morgan fingerprint density at radius 2 is 1.82 bits per heavy atom. The van der Waals surface area contributed by atoms with E-state index in [-0.39, 0.29) is 0 Å². The molecule has 2 bridgehead atoms. The van der Waals surface area contributed by atoms with Gasteiger partial charge >= 0.3 is 0 Å². The lowest BCUT2D eigenvalue weighted by molar-refractivity contribution is 0.177. The summed E-state index contributed by atoms with van der Waals surface area (Å²) in [6, 6.07) is 14.0. The third kappa shape index (κ3) is 2.85. The molecule has 0 unspecified atom stereocenters. The minimum atomic E-state index is 0.806. The Labute approximate surface area is 137 Å². The van der Waals surface area contributed by atoms with Gasteiger partial charge in [0, 0.05) is 35.4 Å². The summed E-state index contributed by atoms with van der Waals surface area (Å²) in [5, 5.41) is 0. The number of fused-ring (bicyclic) bond motifs is 4. The molecule has 1 aromatic carbocycles. The molecule has 3 heteroatoms. The minimum absolute atomic E-state index is 0.806. The Bertz CT molecular complexity index is 626. The van der Waals surface area contributed by atoms with Crippen LogP contribution >= 0.6 is 11.3 Å². The smallest absolute Gasteiger partial charge is 0.0348 e. The quantitative estimate of drug-likeness (QED) is 0.845. The largest absolute Gasteiger partial charge is 0.302 e. The standard InChI is InChI=1S/C19H24N2S/c1-15-13-18(16-5-3-2-4-6-16)22-19(15)14-21-12-11-20-9-7-17(21)8-10-20/h2-6,13,17H,7-12,14H2,1H3. The van der Waals surface area contributed by atoms with Crippen molar-refractivity contribution in [3.8, 4) is 10.4 Å². The van der Waals surface area contributed by atoms with Crippen LogP contribution in [0.4, 0.5) is 0 Å². The molecule has 3 aliphatic rings. The molecule has 0 saturated carbocycles. The molecule has 0 aliphatic carbocycles. The molecule has 3 saturated heterocycles. The van der Waals surface area contributed by atoms with E-state index in [2.05, 4.69) is 53.1 Å². The van der Waals surface area contributed by atoms with Crippen LogP contribution in [0.25, 0.3) is 10.4 Å². The maximum Gasteiger partial charge on any atom is 0.0348 e. The Morgan fingerprint density at radius 1 is 1.05 bits per heavy atom. The Hall–Kier alpha value is -1.16. The maximum absolute atomic E-state index is 2.74. The van der Waals surface area contributed by atoms with E-state index in [4.69, 9.17) is 0 Å². The van der Waals surface area contributed by atoms with E-state index in [0.717, 1.165) is 12.6 Å². The normalized spacial score (nSPS) is 25.3. The topological polar surface area (TPSA) is 6.48 Å². The van der Waals surface area contributed by atoms with Gasteiger partial charge in [0.05, 0.1) is 0 Å². The number of thiophene rings is 1. The van der Waals surface area contributed by atoms with Crippen LogP contribution in [0, 0.1) is 6.92 Å². The zero-order chi connectivity index (χ0) is 14.9. The van der Waals surface area contributed by atoms with Crippen molar-refractivity contribution in [1.82, 2.24) is 9.80 Å². The summed E-state index contributed by atoms with van der Waals surface area (Å²) in [5.74, 6) is 0. The first-order valence-electron chi connectivity index (χ1n) is 8.41. The maximum atomic E-state index is 2.74. The Morgan fingerprint density at radius 3 is 2.59 bits per heavy atom. The van der Waals surface area contributed by atoms with Crippen LogP contribution in [0.1, 0.15) is 23.3 Å². The Kier molecular flexibility index (Phi) is 4.03. The van der Waals surface area contributed by atoms with Gasteiger partial charge in [-0.2, -0.15) is 0 Å². The second-order valence-electron chi connectivity index (χ2n) is 6.63. The second-order valence-corrected chi connectivity index (χ2v) is 7.76. The summed E-state index contributed by atoms with van der Waals surface area (Å²) in [4.78, 5) is 8.34. The molecule has 0 amide bonds. The summed E-state index contributed by atoms with van der Waals surface area (Å²) in [6.45, 7) is 8.52. The number of piperidine rings is 1. The molecule has 3 fully saturated rings. The number of hydrogen-bond donors (Lipinski definition) is 0. The summed E-state index contributed by atoms with van der Waals surface area (Å²) in [7, 11) is 0. The zero-order valence-corrected chi connectivity index (χ0v) is 14.1. The highest BCUT2D eigenvalue weighted by Gasteiger charge is 2.29. The highest BCUT2D eigenvalue weighted by atomic mass is 32.1. The van der Waals surface area contributed by atoms with Crippen LogP contribution in [0.5, 0.6) is 0 Å². The van der Waals surface area contributed by atoms with E-state index in [1.807, 2.05) is 11.3 Å². The summed E-state index contributed by atoms with van der Waals surface area (Å²) in [6.07, 6.45) is 2.71. The molecule has 1 aromatic heterocycles. The lowest BCUT2D eigenvalue weighted by atomic mass is 10.1. The van der Waals surface area contributed by atoms with E-state index in [9.17, 15) is 0 Å². The van der Waals surface area contributed by atoms with E-state index in [1.165, 1.54) is 55.0 Å². The fourth-order valence-electron chi connectivity index (χ4n) is 3.77. The Balaban J connectivity index is 1.54. The second kappa shape index (κ2) is 6.15. The van der Waals surface area contributed by atoms with Crippen molar-refractivity contribution in [3.05, 3.63) is 46.8 Å². The molecule has 2 aromatic rings. The van der Waals surface area contributed by atoms with Crippen molar-refractivity contribution in [3.63, 3.8) is 0 Å². The number of nitrogens with zero attached hydrogens (tertiary/aromatic N) is 2. The first-order valence-corrected chi connectivity index (χ1v) is 9.22. The summed E-state index contributed by atoms with van der Waals surface area (Å²) >= 11 is 1.98. The van der Waals surface area contributed by atoms with Gasteiger partial charge < -0.3 is 4.90 Å². The lowest BCUT2D eigenvalue weighted by Gasteiger charge is -2.31. The number of hydrogen-bond acceptors (Lipinski definition) is 3. The van der Waals surface area contributed by atoms with Gasteiger partial charge in [-0.15, -0.1) is 11.3 Å². The van der Waals surface area contributed by atoms with Gasteiger partial charge in [0.15, 0.2) is 0 Å². The van der Waals surface area contributed by atoms with Crippen LogP contribution in [0.2, 0.25) is 0 Å². The van der Waals surface area contributed by atoms with E-state index in [0.29, 0.717) is 0 Å². The average Bonchev–Trinajstić information content (AvgIpc) is 2.72. The third-order valence-electron chi connectivity index (χ3n) is 5.20. The summed E-state index contributed by atoms with van der Waals surface area (Å²) < 4.78 is 0. The fourth-order valence-corrected chi connectivity index (χ4v) is 4.98. The molecule has 0 spiro atoms. The van der Waals surface area contributed by atoms with Gasteiger partial charge in [0.1, 0.15) is 0 Å². The van der Waals surface area contributed by atoms with Crippen LogP contribution < -0.4 is 0 Å². The number of rotatable bonds is 3. The monoisotopic (exact) mass is 312 g/mol. The predicted molar refractivity (Wildman–Crippen MR) is 94.4 cm³/mol. The molecule has 3 aliphatic heterocycles. The van der Waals surface area contributed by atoms with Crippen LogP contribution in [0.3, 0.4) is 0 Å². The number of aryl methyl sites for hydroxylation is 1. The van der Waals surface area contributed by atoms with Crippen LogP contribution in [-0.4, -0.2) is 42.0 Å². The number of benzene rings is 1. The van der Waals surface area contributed by atoms with Crippen LogP contribution in [0.15, 0.2) is 36.4 Å². The third-order valence-corrected chi connectivity index (χ3v) is 6.47. The predicted octanol–water partition coefficient (Wildman–Crippen LogP) is 4.00. The minimum Gasteiger partial charge on any atom is -0.302 e. The van der Waals surface area contributed by atoms with Gasteiger partial charge in [-0.1, -0.05) is 30.3 Å². The highest BCUT2D eigenvalue weighted by Crippen LogP contribution is 2.33. The first kappa shape index (κ1) is 14.4. The van der Waals surface area contributed by atoms with Gasteiger partial charge in [-0.3, -0.25) is 4.90 Å². The molecule has 4 heterocycles. The molecule has 22 heavy (non-hydrogen) atoms. The van der Waals surface area contributed by atoms with E-state index < -0.39 is 0 Å². The van der Waals surface area contributed by atoms with Gasteiger partial charge in [0.25, 0.3) is 0 Å². The lowest BCUT2D eigenvalue weighted by Crippen LogP contribution is -2.37. The first-order chi connectivity index (χ1) is 10.8. The van der Waals surface area contributed by atoms with Crippen molar-refractivity contribution >= 4 is 11.3 Å². The average molecular weight is 312 g/mol. The molecule has 116 valence electrons. The van der Waals surface area contributed by atoms with Crippen LogP contribution in [-0.2, 0) is 6.54 Å². The molecular weight excluding hydrogens is 288 g/mol.